The second kappa shape index (κ2) is 10.0. The van der Waals surface area contributed by atoms with E-state index in [0.717, 1.165) is 0 Å². The second-order valence-corrected chi connectivity index (χ2v) is 11.3. The Labute approximate surface area is 230 Å². The lowest BCUT2D eigenvalue weighted by atomic mass is 9.45. The Morgan fingerprint density at radius 3 is 2.67 bits per heavy atom. The van der Waals surface area contributed by atoms with Gasteiger partial charge in [0.2, 0.25) is 12.0 Å². The molecule has 0 radical (unpaired) electrons. The van der Waals surface area contributed by atoms with E-state index in [0.29, 0.717) is 29.4 Å². The molecule has 0 amide bonds. The summed E-state index contributed by atoms with van der Waals surface area (Å²) in [7, 11) is 1.43. The number of hydrogen-bond acceptors (Lipinski definition) is 11. The molecule has 2 aromatic rings. The van der Waals surface area contributed by atoms with E-state index in [1.165, 1.54) is 13.4 Å². The third kappa shape index (κ3) is 3.75. The van der Waals surface area contributed by atoms with Crippen molar-refractivity contribution in [1.29, 1.82) is 0 Å². The van der Waals surface area contributed by atoms with Gasteiger partial charge in [-0.25, -0.2) is 0 Å². The highest BCUT2D eigenvalue weighted by Crippen LogP contribution is 2.62. The van der Waals surface area contributed by atoms with E-state index in [1.54, 1.807) is 31.2 Å². The number of hydrogen-bond donors (Lipinski definition) is 5. The molecule has 3 fully saturated rings. The molecule has 218 valence electrons. The fourth-order valence-corrected chi connectivity index (χ4v) is 7.74. The maximum Gasteiger partial charge on any atom is 0.306 e. The molecular weight excluding hydrogens is 524 g/mol. The molecule has 1 aromatic carbocycles. The van der Waals surface area contributed by atoms with Crippen molar-refractivity contribution in [3.63, 3.8) is 0 Å². The van der Waals surface area contributed by atoms with Crippen molar-refractivity contribution in [2.24, 2.45) is 23.7 Å². The maximum absolute atomic E-state index is 12.4. The van der Waals surface area contributed by atoms with Gasteiger partial charge in [0, 0.05) is 29.6 Å². The number of esters is 1. The van der Waals surface area contributed by atoms with E-state index in [9.17, 15) is 30.3 Å². The Morgan fingerprint density at radius 1 is 1.15 bits per heavy atom. The van der Waals surface area contributed by atoms with Gasteiger partial charge in [0.1, 0.15) is 17.8 Å². The van der Waals surface area contributed by atoms with E-state index in [-0.39, 0.29) is 36.9 Å². The van der Waals surface area contributed by atoms with Crippen LogP contribution in [0.5, 0.6) is 11.5 Å². The first-order chi connectivity index (χ1) is 19.2. The van der Waals surface area contributed by atoms with Crippen LogP contribution in [0.4, 0.5) is 0 Å². The van der Waals surface area contributed by atoms with Crippen molar-refractivity contribution in [3.8, 4) is 11.5 Å². The maximum atomic E-state index is 12.4. The highest BCUT2D eigenvalue weighted by molar-refractivity contribution is 5.87. The molecule has 2 saturated carbocycles. The van der Waals surface area contributed by atoms with Crippen molar-refractivity contribution < 1.29 is 53.7 Å². The third-order valence-corrected chi connectivity index (χ3v) is 9.47. The monoisotopic (exact) mass is 560 g/mol. The van der Waals surface area contributed by atoms with Gasteiger partial charge in [-0.3, -0.25) is 4.79 Å². The number of benzene rings is 1. The van der Waals surface area contributed by atoms with E-state index in [2.05, 4.69) is 0 Å². The van der Waals surface area contributed by atoms with Crippen molar-refractivity contribution in [2.75, 3.05) is 20.3 Å². The molecule has 6 rings (SSSR count). The summed E-state index contributed by atoms with van der Waals surface area (Å²) in [6.45, 7) is 1.32. The van der Waals surface area contributed by atoms with Crippen molar-refractivity contribution >= 4 is 16.9 Å². The standard InChI is InChI=1S/C29H36O11/c1-3-37-21(32)9-4-14-12-15-10-11-38-23(15)25(36-2)24(14)40-27-29(35)22-16-6-8-19(31)17(22)5-7-18(16)28(34,26(29)33)20(13-30)39-27/h5,7,10-12,16-20,22,26-27,30-31,33-35H,3-4,6,8-9,13H2,1-2H3/t16-,17-,18+,19+,20+,22+,26-,27-,28-,29-/m0/s1. The molecule has 11 heteroatoms. The van der Waals surface area contributed by atoms with Crippen LogP contribution in [0.25, 0.3) is 11.0 Å². The summed E-state index contributed by atoms with van der Waals surface area (Å²) in [4.78, 5) is 12.2. The van der Waals surface area contributed by atoms with Gasteiger partial charge in [-0.2, -0.15) is 0 Å². The van der Waals surface area contributed by atoms with Crippen LogP contribution in [0.15, 0.2) is 35.0 Å². The average Bonchev–Trinajstić information content (AvgIpc) is 3.41. The van der Waals surface area contributed by atoms with Gasteiger partial charge >= 0.3 is 5.97 Å². The molecule has 5 N–H and O–H groups in total. The number of ether oxygens (including phenoxy) is 4. The summed E-state index contributed by atoms with van der Waals surface area (Å²) in [6, 6.07) is 3.52. The molecule has 0 spiro atoms. The van der Waals surface area contributed by atoms with Gasteiger partial charge in [-0.15, -0.1) is 0 Å². The molecular formula is C29H36O11. The first-order valence-electron chi connectivity index (χ1n) is 13.8. The minimum Gasteiger partial charge on any atom is -0.490 e. The van der Waals surface area contributed by atoms with Gasteiger partial charge in [0.15, 0.2) is 16.9 Å². The fraction of sp³-hybridized carbons (Fsp3) is 0.621. The van der Waals surface area contributed by atoms with E-state index < -0.39 is 66.1 Å². The summed E-state index contributed by atoms with van der Waals surface area (Å²) in [5, 5.41) is 57.8. The summed E-state index contributed by atoms with van der Waals surface area (Å²) in [5.41, 5.74) is -3.25. The van der Waals surface area contributed by atoms with Crippen molar-refractivity contribution in [2.45, 2.75) is 68.4 Å². The van der Waals surface area contributed by atoms with Crippen LogP contribution in [-0.4, -0.2) is 87.6 Å². The Balaban J connectivity index is 1.46. The molecule has 1 aromatic heterocycles. The number of aryl methyl sites for hydroxylation is 1. The Hall–Kier alpha value is -2.67. The SMILES string of the molecule is CCOC(=O)CCc1cc2ccoc2c(OC)c1O[C@@H]1O[C@H](CO)[C@]2(O)[C@H](O)[C@@]1(O)[C@H]1[C@H]3C=C[C@@H]2[C@@H]1CC[C@H]3O. The number of furan rings is 1. The molecule has 1 aliphatic heterocycles. The molecule has 2 heterocycles. The molecule has 1 saturated heterocycles. The smallest absolute Gasteiger partial charge is 0.306 e. The van der Waals surface area contributed by atoms with Gasteiger partial charge in [0.05, 0.1) is 32.7 Å². The predicted octanol–water partition coefficient (Wildman–Crippen LogP) is 1.06. The van der Waals surface area contributed by atoms with Crippen molar-refractivity contribution in [3.05, 3.63) is 36.1 Å². The average molecular weight is 561 g/mol. The second-order valence-electron chi connectivity index (χ2n) is 11.3. The highest BCUT2D eigenvalue weighted by atomic mass is 16.7. The quantitative estimate of drug-likeness (QED) is 0.231. The zero-order valence-corrected chi connectivity index (χ0v) is 22.4. The first-order valence-corrected chi connectivity index (χ1v) is 13.8. The van der Waals surface area contributed by atoms with Crippen LogP contribution in [0.3, 0.4) is 0 Å². The van der Waals surface area contributed by atoms with E-state index >= 15 is 0 Å². The molecule has 6 bridgehead atoms. The number of rotatable bonds is 8. The summed E-state index contributed by atoms with van der Waals surface area (Å²) in [6.07, 6.45) is 0.888. The largest absolute Gasteiger partial charge is 0.490 e. The summed E-state index contributed by atoms with van der Waals surface area (Å²) >= 11 is 0. The molecule has 10 atom stereocenters. The number of carbonyl (C=O) groups excluding carboxylic acids is 1. The third-order valence-electron chi connectivity index (χ3n) is 9.47. The van der Waals surface area contributed by atoms with Crippen LogP contribution < -0.4 is 9.47 Å². The lowest BCUT2D eigenvalue weighted by Gasteiger charge is -2.68. The predicted molar refractivity (Wildman–Crippen MR) is 138 cm³/mol. The first kappa shape index (κ1) is 27.5. The summed E-state index contributed by atoms with van der Waals surface area (Å²) < 4.78 is 28.9. The number of fused-ring (bicyclic) bond motifs is 4. The molecule has 3 aliphatic carbocycles. The molecule has 4 aliphatic rings. The summed E-state index contributed by atoms with van der Waals surface area (Å²) in [5.74, 6) is -2.17. The van der Waals surface area contributed by atoms with Crippen LogP contribution in [0.2, 0.25) is 0 Å². The highest BCUT2D eigenvalue weighted by Gasteiger charge is 2.76. The lowest BCUT2D eigenvalue weighted by molar-refractivity contribution is -0.406. The molecule has 11 nitrogen and oxygen atoms in total. The zero-order valence-electron chi connectivity index (χ0n) is 22.4. The molecule has 40 heavy (non-hydrogen) atoms. The normalized spacial score (nSPS) is 39.7. The van der Waals surface area contributed by atoms with Crippen LogP contribution >= 0.6 is 0 Å². The van der Waals surface area contributed by atoms with Gasteiger partial charge in [-0.05, 0) is 49.8 Å². The number of aliphatic hydroxyl groups excluding tert-OH is 3. The van der Waals surface area contributed by atoms with Gasteiger partial charge in [-0.1, -0.05) is 12.2 Å². The lowest BCUT2D eigenvalue weighted by Crippen LogP contribution is -2.84. The van der Waals surface area contributed by atoms with Gasteiger partial charge in [0.25, 0.3) is 0 Å². The number of carbonyl (C=O) groups is 1. The van der Waals surface area contributed by atoms with Crippen LogP contribution in [-0.2, 0) is 20.7 Å². The Kier molecular flexibility index (Phi) is 6.88. The van der Waals surface area contributed by atoms with E-state index in [4.69, 9.17) is 23.4 Å². The van der Waals surface area contributed by atoms with Crippen LogP contribution in [0.1, 0.15) is 31.7 Å². The minimum absolute atomic E-state index is 0.0413. The zero-order chi connectivity index (χ0) is 28.4. The Bertz CT molecular complexity index is 1300. The minimum atomic E-state index is -2.17. The van der Waals surface area contributed by atoms with Gasteiger partial charge < -0.3 is 48.9 Å². The Morgan fingerprint density at radius 2 is 1.95 bits per heavy atom. The van der Waals surface area contributed by atoms with Crippen molar-refractivity contribution in [1.82, 2.24) is 0 Å². The number of aliphatic hydroxyl groups is 5. The molecule has 0 unspecified atom stereocenters. The number of methoxy groups -OCH3 is 1. The fourth-order valence-electron chi connectivity index (χ4n) is 7.74. The van der Waals surface area contributed by atoms with Crippen LogP contribution in [0, 0.1) is 23.7 Å². The van der Waals surface area contributed by atoms with E-state index in [1.807, 2.05) is 0 Å². The topological polar surface area (TPSA) is 168 Å².